The number of carbonyl (C=O) groups is 2. The normalized spacial score (nSPS) is 15.3. The van der Waals surface area contributed by atoms with Crippen molar-refractivity contribution in [2.24, 2.45) is 5.73 Å². The van der Waals surface area contributed by atoms with Crippen molar-refractivity contribution in [1.82, 2.24) is 5.32 Å². The smallest absolute Gasteiger partial charge is 0.255 e. The number of carbonyl (C=O) groups excluding carboxylic acids is 2. The molecule has 1 aliphatic heterocycles. The molecule has 26 heavy (non-hydrogen) atoms. The molecular formula is C19H20N2O5. The molecule has 0 saturated carbocycles. The predicted octanol–water partition coefficient (Wildman–Crippen LogP) is 1.29. The highest BCUT2D eigenvalue weighted by Crippen LogP contribution is 2.28. The molecule has 0 fully saturated rings. The Bertz CT molecular complexity index is 821. The molecular weight excluding hydrogens is 336 g/mol. The molecule has 1 heterocycles. The van der Waals surface area contributed by atoms with Crippen LogP contribution in [0.3, 0.4) is 0 Å². The van der Waals surface area contributed by atoms with Gasteiger partial charge in [-0.3, -0.25) is 9.59 Å². The van der Waals surface area contributed by atoms with Gasteiger partial charge in [0.25, 0.3) is 11.8 Å². The molecule has 0 bridgehead atoms. The summed E-state index contributed by atoms with van der Waals surface area (Å²) in [5.74, 6) is 0.724. The van der Waals surface area contributed by atoms with E-state index in [0.29, 0.717) is 30.1 Å². The maximum absolute atomic E-state index is 12.5. The van der Waals surface area contributed by atoms with Gasteiger partial charge in [0.05, 0.1) is 13.2 Å². The van der Waals surface area contributed by atoms with Crippen molar-refractivity contribution in [2.75, 3.05) is 20.3 Å². The van der Waals surface area contributed by atoms with E-state index in [1.54, 1.807) is 18.2 Å². The third-order valence-electron chi connectivity index (χ3n) is 4.01. The lowest BCUT2D eigenvalue weighted by Crippen LogP contribution is -2.42. The van der Waals surface area contributed by atoms with Gasteiger partial charge in [0.2, 0.25) is 0 Å². The van der Waals surface area contributed by atoms with E-state index in [9.17, 15) is 9.59 Å². The minimum absolute atomic E-state index is 0.116. The molecule has 2 amide bonds. The molecule has 3 N–H and O–H groups in total. The van der Waals surface area contributed by atoms with E-state index in [-0.39, 0.29) is 18.6 Å². The monoisotopic (exact) mass is 356 g/mol. The molecule has 3 rings (SSSR count). The van der Waals surface area contributed by atoms with Crippen molar-refractivity contribution >= 4 is 11.8 Å². The second kappa shape index (κ2) is 7.77. The van der Waals surface area contributed by atoms with Crippen LogP contribution >= 0.6 is 0 Å². The van der Waals surface area contributed by atoms with E-state index in [1.165, 1.54) is 7.11 Å². The van der Waals surface area contributed by atoms with Gasteiger partial charge in [-0.05, 0) is 36.2 Å². The lowest BCUT2D eigenvalue weighted by atomic mass is 10.0. The minimum Gasteiger partial charge on any atom is -0.493 e. The van der Waals surface area contributed by atoms with E-state index < -0.39 is 5.91 Å². The first-order valence-electron chi connectivity index (χ1n) is 8.17. The van der Waals surface area contributed by atoms with Gasteiger partial charge in [-0.2, -0.15) is 0 Å². The number of para-hydroxylation sites is 1. The number of amides is 2. The third-order valence-corrected chi connectivity index (χ3v) is 4.01. The number of ether oxygens (including phenoxy) is 3. The summed E-state index contributed by atoms with van der Waals surface area (Å²) in [6, 6.07) is 12.4. The molecule has 0 aliphatic carbocycles. The summed E-state index contributed by atoms with van der Waals surface area (Å²) in [5, 5.41) is 2.96. The molecule has 2 aromatic rings. The first-order valence-corrected chi connectivity index (χ1v) is 8.17. The molecule has 0 spiro atoms. The second-order valence-electron chi connectivity index (χ2n) is 5.91. The van der Waals surface area contributed by atoms with Crippen molar-refractivity contribution in [2.45, 2.75) is 12.5 Å². The van der Waals surface area contributed by atoms with Gasteiger partial charge in [-0.25, -0.2) is 0 Å². The maximum Gasteiger partial charge on any atom is 0.255 e. The zero-order valence-corrected chi connectivity index (χ0v) is 14.4. The molecule has 7 heteroatoms. The molecule has 0 radical (unpaired) electrons. The van der Waals surface area contributed by atoms with Crippen LogP contribution in [0, 0.1) is 0 Å². The van der Waals surface area contributed by atoms with Gasteiger partial charge >= 0.3 is 0 Å². The average molecular weight is 356 g/mol. The third kappa shape index (κ3) is 4.05. The fraction of sp³-hybridized carbons (Fsp3) is 0.263. The quantitative estimate of drug-likeness (QED) is 0.812. The molecule has 7 nitrogen and oxygen atoms in total. The standard InChI is InChI=1S/C19H20N2O5/c1-24-17-9-13(6-7-16(17)26-11-18(20)22)19(23)21-14-8-12-4-2-3-5-15(12)25-10-14/h2-7,9,14H,8,10-11H2,1H3,(H2,20,22)(H,21,23)/t14-/m1/s1. The Hall–Kier alpha value is -3.22. The molecule has 0 aromatic heterocycles. The largest absolute Gasteiger partial charge is 0.493 e. The maximum atomic E-state index is 12.5. The van der Waals surface area contributed by atoms with Crippen LogP contribution in [0.2, 0.25) is 0 Å². The van der Waals surface area contributed by atoms with Crippen molar-refractivity contribution in [3.8, 4) is 17.2 Å². The Morgan fingerprint density at radius 1 is 1.23 bits per heavy atom. The predicted molar refractivity (Wildman–Crippen MR) is 94.6 cm³/mol. The van der Waals surface area contributed by atoms with Gasteiger partial charge in [-0.15, -0.1) is 0 Å². The van der Waals surface area contributed by atoms with E-state index in [2.05, 4.69) is 5.32 Å². The Kier molecular flexibility index (Phi) is 5.26. The highest BCUT2D eigenvalue weighted by atomic mass is 16.5. The molecule has 0 saturated heterocycles. The second-order valence-corrected chi connectivity index (χ2v) is 5.91. The van der Waals surface area contributed by atoms with Crippen LogP contribution in [0.4, 0.5) is 0 Å². The molecule has 1 atom stereocenters. The molecule has 136 valence electrons. The SMILES string of the molecule is COc1cc(C(=O)N[C@H]2COc3ccccc3C2)ccc1OCC(N)=O. The minimum atomic E-state index is -0.591. The Morgan fingerprint density at radius 3 is 2.81 bits per heavy atom. The topological polar surface area (TPSA) is 99.9 Å². The number of hydrogen-bond acceptors (Lipinski definition) is 5. The Morgan fingerprint density at radius 2 is 2.04 bits per heavy atom. The van der Waals surface area contributed by atoms with E-state index in [0.717, 1.165) is 11.3 Å². The van der Waals surface area contributed by atoms with Crippen LogP contribution in [0.5, 0.6) is 17.2 Å². The Balaban J connectivity index is 1.67. The van der Waals surface area contributed by atoms with Gasteiger partial charge in [-0.1, -0.05) is 18.2 Å². The van der Waals surface area contributed by atoms with E-state index in [4.69, 9.17) is 19.9 Å². The summed E-state index contributed by atoms with van der Waals surface area (Å²) in [7, 11) is 1.46. The lowest BCUT2D eigenvalue weighted by Gasteiger charge is -2.26. The number of methoxy groups -OCH3 is 1. The zero-order valence-electron chi connectivity index (χ0n) is 14.4. The van der Waals surface area contributed by atoms with Crippen LogP contribution in [0.1, 0.15) is 15.9 Å². The summed E-state index contributed by atoms with van der Waals surface area (Å²) in [6.45, 7) is 0.153. The highest BCUT2D eigenvalue weighted by molar-refractivity contribution is 5.95. The van der Waals surface area contributed by atoms with E-state index in [1.807, 2.05) is 24.3 Å². The number of benzene rings is 2. The summed E-state index contributed by atoms with van der Waals surface area (Å²) in [4.78, 5) is 23.4. The summed E-state index contributed by atoms with van der Waals surface area (Å²) in [6.07, 6.45) is 0.707. The lowest BCUT2D eigenvalue weighted by molar-refractivity contribution is -0.119. The van der Waals surface area contributed by atoms with Crippen molar-refractivity contribution in [3.05, 3.63) is 53.6 Å². The molecule has 2 aromatic carbocycles. The number of primary amides is 1. The van der Waals surface area contributed by atoms with Crippen molar-refractivity contribution < 1.29 is 23.8 Å². The number of hydrogen-bond donors (Lipinski definition) is 2. The summed E-state index contributed by atoms with van der Waals surface area (Å²) in [5.41, 5.74) is 6.56. The van der Waals surface area contributed by atoms with Gasteiger partial charge in [0, 0.05) is 5.56 Å². The first-order chi connectivity index (χ1) is 12.6. The van der Waals surface area contributed by atoms with Gasteiger partial charge in [0.15, 0.2) is 18.1 Å². The number of fused-ring (bicyclic) bond motifs is 1. The van der Waals surface area contributed by atoms with Crippen LogP contribution in [-0.2, 0) is 11.2 Å². The number of rotatable bonds is 6. The summed E-state index contributed by atoms with van der Waals surface area (Å²) < 4.78 is 16.2. The zero-order chi connectivity index (χ0) is 18.5. The van der Waals surface area contributed by atoms with Crippen LogP contribution in [-0.4, -0.2) is 38.2 Å². The summed E-state index contributed by atoms with van der Waals surface area (Å²) >= 11 is 0. The fourth-order valence-corrected chi connectivity index (χ4v) is 2.77. The highest BCUT2D eigenvalue weighted by Gasteiger charge is 2.22. The van der Waals surface area contributed by atoms with Crippen LogP contribution in [0.25, 0.3) is 0 Å². The number of nitrogens with two attached hydrogens (primary N) is 1. The molecule has 1 aliphatic rings. The van der Waals surface area contributed by atoms with E-state index >= 15 is 0 Å². The van der Waals surface area contributed by atoms with Gasteiger partial charge in [0.1, 0.15) is 12.4 Å². The average Bonchev–Trinajstić information content (AvgIpc) is 2.66. The van der Waals surface area contributed by atoms with Crippen molar-refractivity contribution in [1.29, 1.82) is 0 Å². The van der Waals surface area contributed by atoms with Crippen molar-refractivity contribution in [3.63, 3.8) is 0 Å². The Labute approximate surface area is 151 Å². The van der Waals surface area contributed by atoms with Crippen LogP contribution < -0.4 is 25.3 Å². The van der Waals surface area contributed by atoms with Gasteiger partial charge < -0.3 is 25.3 Å². The fourth-order valence-electron chi connectivity index (χ4n) is 2.77. The van der Waals surface area contributed by atoms with Crippen LogP contribution in [0.15, 0.2) is 42.5 Å². The number of nitrogens with one attached hydrogen (secondary N) is 1. The first kappa shape index (κ1) is 17.6. The molecule has 0 unspecified atom stereocenters.